The van der Waals surface area contributed by atoms with E-state index in [9.17, 15) is 21.6 Å². The van der Waals surface area contributed by atoms with Crippen molar-refractivity contribution in [2.45, 2.75) is 48.3 Å². The van der Waals surface area contributed by atoms with Crippen LogP contribution in [0.5, 0.6) is 0 Å². The molecule has 7 nitrogen and oxygen atoms in total. The summed E-state index contributed by atoms with van der Waals surface area (Å²) in [6, 6.07) is 4.86. The number of aromatic amines is 1. The number of hydrogen-bond acceptors (Lipinski definition) is 4. The first-order valence-corrected chi connectivity index (χ1v) is 11.3. The van der Waals surface area contributed by atoms with Gasteiger partial charge in [0.25, 0.3) is 0 Å². The van der Waals surface area contributed by atoms with Crippen molar-refractivity contribution >= 4 is 10.0 Å². The standard InChI is InChI=1S/C20H20F3N5O2S/c1-27-18(6-7-25-27)12-8-14-10-17-16(11-24-26-17)19(9-12)28(14)31(29,30)15-4-2-13(3-5-15)20(21,22)23/h2-7,11-12,14,19H,8-10H2,1H3,(H,24,26). The van der Waals surface area contributed by atoms with Crippen molar-refractivity contribution < 1.29 is 21.6 Å². The predicted octanol–water partition coefficient (Wildman–Crippen LogP) is 3.40. The summed E-state index contributed by atoms with van der Waals surface area (Å²) in [6.07, 6.45) is 0.458. The second-order valence-electron chi connectivity index (χ2n) is 8.08. The molecule has 3 unspecified atom stereocenters. The lowest BCUT2D eigenvalue weighted by Crippen LogP contribution is -2.51. The molecule has 164 valence electrons. The molecule has 2 aliphatic rings. The lowest BCUT2D eigenvalue weighted by Gasteiger charge is -2.47. The summed E-state index contributed by atoms with van der Waals surface area (Å²) < 4.78 is 69.1. The second kappa shape index (κ2) is 6.92. The third-order valence-electron chi connectivity index (χ3n) is 6.32. The fourth-order valence-corrected chi connectivity index (χ4v) is 6.74. The van der Waals surface area contributed by atoms with Crippen LogP contribution in [0.2, 0.25) is 0 Å². The van der Waals surface area contributed by atoms with Gasteiger partial charge in [0, 0.05) is 48.6 Å². The Balaban J connectivity index is 1.54. The van der Waals surface area contributed by atoms with Crippen molar-refractivity contribution in [3.05, 3.63) is 65.2 Å². The van der Waals surface area contributed by atoms with Crippen LogP contribution in [0, 0.1) is 0 Å². The molecular formula is C20H20F3N5O2S. The zero-order valence-corrected chi connectivity index (χ0v) is 17.4. The van der Waals surface area contributed by atoms with Gasteiger partial charge < -0.3 is 0 Å². The van der Waals surface area contributed by atoms with Crippen LogP contribution in [0.15, 0.2) is 47.6 Å². The summed E-state index contributed by atoms with van der Waals surface area (Å²) in [6.45, 7) is 0. The minimum absolute atomic E-state index is 0.115. The third kappa shape index (κ3) is 3.26. The van der Waals surface area contributed by atoms with Crippen molar-refractivity contribution in [1.82, 2.24) is 24.3 Å². The van der Waals surface area contributed by atoms with Crippen LogP contribution < -0.4 is 0 Å². The Labute approximate surface area is 176 Å². The molecule has 0 radical (unpaired) electrons. The van der Waals surface area contributed by atoms with Gasteiger partial charge in [-0.15, -0.1) is 0 Å². The van der Waals surface area contributed by atoms with Crippen molar-refractivity contribution in [3.63, 3.8) is 0 Å². The normalized spacial score (nSPS) is 24.2. The number of nitrogens with zero attached hydrogens (tertiary/aromatic N) is 4. The van der Waals surface area contributed by atoms with Gasteiger partial charge in [-0.2, -0.15) is 27.7 Å². The summed E-state index contributed by atoms with van der Waals surface area (Å²) in [4.78, 5) is -0.138. The molecule has 4 heterocycles. The maximum absolute atomic E-state index is 13.6. The van der Waals surface area contributed by atoms with E-state index in [1.165, 1.54) is 4.31 Å². The van der Waals surface area contributed by atoms with Crippen LogP contribution in [-0.2, 0) is 29.7 Å². The van der Waals surface area contributed by atoms with E-state index in [4.69, 9.17) is 0 Å². The predicted molar refractivity (Wildman–Crippen MR) is 104 cm³/mol. The molecule has 0 aliphatic carbocycles. The smallest absolute Gasteiger partial charge is 0.282 e. The molecule has 2 aromatic heterocycles. The average Bonchev–Trinajstić information content (AvgIpc) is 3.35. The highest BCUT2D eigenvalue weighted by molar-refractivity contribution is 7.89. The molecule has 2 bridgehead atoms. The van der Waals surface area contributed by atoms with E-state index in [0.717, 1.165) is 41.2 Å². The van der Waals surface area contributed by atoms with Crippen LogP contribution in [0.3, 0.4) is 0 Å². The molecule has 1 saturated heterocycles. The summed E-state index contributed by atoms with van der Waals surface area (Å²) in [5.41, 5.74) is 1.89. The molecule has 1 fully saturated rings. The number of aryl methyl sites for hydroxylation is 1. The first kappa shape index (κ1) is 20.3. The van der Waals surface area contributed by atoms with Crippen molar-refractivity contribution in [2.24, 2.45) is 7.05 Å². The Morgan fingerprint density at radius 3 is 2.52 bits per heavy atom. The molecule has 0 amide bonds. The maximum atomic E-state index is 13.6. The van der Waals surface area contributed by atoms with Crippen LogP contribution in [-0.4, -0.2) is 38.7 Å². The van der Waals surface area contributed by atoms with Crippen molar-refractivity contribution in [2.75, 3.05) is 0 Å². The first-order valence-electron chi connectivity index (χ1n) is 9.87. The number of halogens is 3. The minimum Gasteiger partial charge on any atom is -0.282 e. The molecule has 2 aliphatic heterocycles. The van der Waals surface area contributed by atoms with E-state index in [1.807, 2.05) is 13.1 Å². The van der Waals surface area contributed by atoms with Gasteiger partial charge in [0.05, 0.1) is 22.7 Å². The summed E-state index contributed by atoms with van der Waals surface area (Å²) >= 11 is 0. The molecule has 3 aromatic rings. The highest BCUT2D eigenvalue weighted by Gasteiger charge is 2.48. The molecule has 31 heavy (non-hydrogen) atoms. The van der Waals surface area contributed by atoms with E-state index < -0.39 is 27.8 Å². The largest absolute Gasteiger partial charge is 0.416 e. The Morgan fingerprint density at radius 2 is 1.87 bits per heavy atom. The van der Waals surface area contributed by atoms with Gasteiger partial charge in [-0.3, -0.25) is 9.78 Å². The quantitative estimate of drug-likeness (QED) is 0.662. The number of benzene rings is 1. The van der Waals surface area contributed by atoms with Crippen LogP contribution >= 0.6 is 0 Å². The van der Waals surface area contributed by atoms with E-state index in [-0.39, 0.29) is 16.9 Å². The summed E-state index contributed by atoms with van der Waals surface area (Å²) in [5.74, 6) is 0.115. The summed E-state index contributed by atoms with van der Waals surface area (Å²) in [5, 5.41) is 11.3. The van der Waals surface area contributed by atoms with Gasteiger partial charge in [-0.25, -0.2) is 8.42 Å². The first-order chi connectivity index (χ1) is 14.7. The zero-order valence-electron chi connectivity index (χ0n) is 16.5. The van der Waals surface area contributed by atoms with Gasteiger partial charge in [-0.1, -0.05) is 0 Å². The third-order valence-corrected chi connectivity index (χ3v) is 8.29. The fraction of sp³-hybridized carbons (Fsp3) is 0.400. The minimum atomic E-state index is -4.52. The molecule has 5 rings (SSSR count). The number of sulfonamides is 1. The Bertz CT molecular complexity index is 1220. The van der Waals surface area contributed by atoms with E-state index >= 15 is 0 Å². The number of aromatic nitrogens is 4. The molecule has 1 N–H and O–H groups in total. The molecular weight excluding hydrogens is 431 g/mol. The van der Waals surface area contributed by atoms with Crippen molar-refractivity contribution in [1.29, 1.82) is 0 Å². The number of rotatable bonds is 3. The van der Waals surface area contributed by atoms with E-state index in [2.05, 4.69) is 15.3 Å². The lowest BCUT2D eigenvalue weighted by molar-refractivity contribution is -0.137. The molecule has 0 saturated carbocycles. The summed E-state index contributed by atoms with van der Waals surface area (Å²) in [7, 11) is -2.14. The number of H-pyrrole nitrogens is 1. The number of hydrogen-bond donors (Lipinski definition) is 1. The SMILES string of the molecule is Cn1nccc1C1CC2Cc3[nH]ncc3C(C1)N2S(=O)(=O)c1ccc(C(F)(F)F)cc1. The monoisotopic (exact) mass is 451 g/mol. The molecule has 11 heteroatoms. The number of piperidine rings is 1. The van der Waals surface area contributed by atoms with Crippen LogP contribution in [0.1, 0.15) is 47.3 Å². The van der Waals surface area contributed by atoms with Crippen LogP contribution in [0.25, 0.3) is 0 Å². The Hall–Kier alpha value is -2.66. The molecule has 1 aromatic carbocycles. The topological polar surface area (TPSA) is 83.9 Å². The van der Waals surface area contributed by atoms with Gasteiger partial charge in [0.15, 0.2) is 0 Å². The molecule has 0 spiro atoms. The Morgan fingerprint density at radius 1 is 1.13 bits per heavy atom. The van der Waals surface area contributed by atoms with Crippen LogP contribution in [0.4, 0.5) is 13.2 Å². The zero-order chi connectivity index (χ0) is 22.0. The van der Waals surface area contributed by atoms with E-state index in [1.54, 1.807) is 17.1 Å². The number of alkyl halides is 3. The van der Waals surface area contributed by atoms with Gasteiger partial charge in [0.1, 0.15) is 0 Å². The number of fused-ring (bicyclic) bond motifs is 4. The van der Waals surface area contributed by atoms with E-state index in [0.29, 0.717) is 19.3 Å². The highest BCUT2D eigenvalue weighted by atomic mass is 32.2. The maximum Gasteiger partial charge on any atom is 0.416 e. The Kier molecular flexibility index (Phi) is 4.52. The van der Waals surface area contributed by atoms with Gasteiger partial charge in [-0.05, 0) is 43.2 Å². The second-order valence-corrected chi connectivity index (χ2v) is 9.93. The lowest BCUT2D eigenvalue weighted by atomic mass is 9.78. The average molecular weight is 451 g/mol. The molecule has 3 atom stereocenters. The highest BCUT2D eigenvalue weighted by Crippen LogP contribution is 2.49. The number of nitrogens with one attached hydrogen (secondary N) is 1. The fourth-order valence-electron chi connectivity index (χ4n) is 4.93. The van der Waals surface area contributed by atoms with Crippen molar-refractivity contribution in [3.8, 4) is 0 Å². The van der Waals surface area contributed by atoms with Gasteiger partial charge >= 0.3 is 6.18 Å². The van der Waals surface area contributed by atoms with Gasteiger partial charge in [0.2, 0.25) is 10.0 Å².